The number of aryl methyl sites for hydroxylation is 2. The minimum Gasteiger partial charge on any atom is -0.228 e. The number of hydrogen-bond donors (Lipinski definition) is 0. The van der Waals surface area contributed by atoms with E-state index in [1.807, 2.05) is 12.1 Å². The van der Waals surface area contributed by atoms with Gasteiger partial charge in [-0.05, 0) is 55.5 Å². The summed E-state index contributed by atoms with van der Waals surface area (Å²) in [5.41, 5.74) is 2.36. The molecule has 2 nitrogen and oxygen atoms in total. The SMILES string of the molecule is CC(C)S(=O)(=O)Cc1ccc(CCc2cc(F)cc(F)c2)cc1. The molecule has 0 bridgehead atoms. The first-order chi connectivity index (χ1) is 10.8. The fraction of sp³-hybridized carbons (Fsp3) is 0.333. The van der Waals surface area contributed by atoms with Crippen molar-refractivity contribution in [3.8, 4) is 0 Å². The highest BCUT2D eigenvalue weighted by Gasteiger charge is 2.16. The van der Waals surface area contributed by atoms with Gasteiger partial charge in [0.05, 0.1) is 11.0 Å². The number of rotatable bonds is 6. The van der Waals surface area contributed by atoms with Gasteiger partial charge in [-0.2, -0.15) is 0 Å². The Kier molecular flexibility index (Phi) is 5.52. The zero-order valence-electron chi connectivity index (χ0n) is 13.2. The Hall–Kier alpha value is -1.75. The van der Waals surface area contributed by atoms with Crippen LogP contribution < -0.4 is 0 Å². The molecule has 0 unspecified atom stereocenters. The second kappa shape index (κ2) is 7.21. The van der Waals surface area contributed by atoms with Gasteiger partial charge in [0, 0.05) is 6.07 Å². The summed E-state index contributed by atoms with van der Waals surface area (Å²) in [7, 11) is -3.11. The van der Waals surface area contributed by atoms with E-state index in [-0.39, 0.29) is 5.75 Å². The fourth-order valence-corrected chi connectivity index (χ4v) is 3.24. The van der Waals surface area contributed by atoms with Crippen LogP contribution in [-0.4, -0.2) is 13.7 Å². The number of halogens is 2. The quantitative estimate of drug-likeness (QED) is 0.795. The van der Waals surface area contributed by atoms with Gasteiger partial charge in [-0.15, -0.1) is 0 Å². The van der Waals surface area contributed by atoms with E-state index in [9.17, 15) is 17.2 Å². The minimum atomic E-state index is -3.11. The van der Waals surface area contributed by atoms with Gasteiger partial charge in [-0.1, -0.05) is 24.3 Å². The summed E-state index contributed by atoms with van der Waals surface area (Å²) in [6.45, 7) is 3.34. The Morgan fingerprint density at radius 3 is 1.83 bits per heavy atom. The van der Waals surface area contributed by atoms with Crippen molar-refractivity contribution in [2.24, 2.45) is 0 Å². The molecule has 23 heavy (non-hydrogen) atoms. The highest BCUT2D eigenvalue weighted by molar-refractivity contribution is 7.91. The van der Waals surface area contributed by atoms with Gasteiger partial charge in [-0.3, -0.25) is 0 Å². The van der Waals surface area contributed by atoms with Crippen molar-refractivity contribution in [3.63, 3.8) is 0 Å². The molecule has 2 rings (SSSR count). The summed E-state index contributed by atoms with van der Waals surface area (Å²) >= 11 is 0. The van der Waals surface area contributed by atoms with Crippen molar-refractivity contribution >= 4 is 9.84 Å². The van der Waals surface area contributed by atoms with Crippen LogP contribution in [0.3, 0.4) is 0 Å². The summed E-state index contributed by atoms with van der Waals surface area (Å²) in [6, 6.07) is 10.8. The normalized spacial score (nSPS) is 11.9. The van der Waals surface area contributed by atoms with Crippen molar-refractivity contribution in [2.45, 2.75) is 37.7 Å². The van der Waals surface area contributed by atoms with Crippen molar-refractivity contribution in [1.29, 1.82) is 0 Å². The van der Waals surface area contributed by atoms with Crippen LogP contribution >= 0.6 is 0 Å². The number of benzene rings is 2. The van der Waals surface area contributed by atoms with Crippen LogP contribution in [0, 0.1) is 11.6 Å². The lowest BCUT2D eigenvalue weighted by Gasteiger charge is -2.08. The highest BCUT2D eigenvalue weighted by Crippen LogP contribution is 2.15. The molecule has 0 aliphatic rings. The van der Waals surface area contributed by atoms with Gasteiger partial charge >= 0.3 is 0 Å². The number of sulfone groups is 1. The molecule has 5 heteroatoms. The van der Waals surface area contributed by atoms with E-state index < -0.39 is 26.7 Å². The second-order valence-electron chi connectivity index (χ2n) is 5.95. The molecule has 2 aromatic rings. The van der Waals surface area contributed by atoms with E-state index in [2.05, 4.69) is 0 Å². The summed E-state index contributed by atoms with van der Waals surface area (Å²) in [5.74, 6) is -1.12. The molecule has 124 valence electrons. The molecule has 0 spiro atoms. The summed E-state index contributed by atoms with van der Waals surface area (Å²) in [4.78, 5) is 0. The molecular formula is C18H20F2O2S. The molecule has 0 aliphatic heterocycles. The third kappa shape index (κ3) is 5.13. The second-order valence-corrected chi connectivity index (χ2v) is 8.51. The van der Waals surface area contributed by atoms with E-state index in [0.29, 0.717) is 18.4 Å². The maximum Gasteiger partial charge on any atom is 0.156 e. The molecule has 0 amide bonds. The lowest BCUT2D eigenvalue weighted by Crippen LogP contribution is -2.15. The third-order valence-corrected chi connectivity index (χ3v) is 5.91. The lowest BCUT2D eigenvalue weighted by atomic mass is 10.0. The zero-order chi connectivity index (χ0) is 17.0. The summed E-state index contributed by atoms with van der Waals surface area (Å²) in [5, 5.41) is -0.398. The molecule has 0 heterocycles. The lowest BCUT2D eigenvalue weighted by molar-refractivity contribution is 0.579. The van der Waals surface area contributed by atoms with Crippen LogP contribution in [-0.2, 0) is 28.4 Å². The summed E-state index contributed by atoms with van der Waals surface area (Å²) < 4.78 is 50.0. The van der Waals surface area contributed by atoms with Crippen molar-refractivity contribution in [2.75, 3.05) is 0 Å². The maximum absolute atomic E-state index is 13.1. The zero-order valence-corrected chi connectivity index (χ0v) is 14.0. The average Bonchev–Trinajstić information content (AvgIpc) is 2.45. The Morgan fingerprint density at radius 1 is 0.826 bits per heavy atom. The summed E-state index contributed by atoms with van der Waals surface area (Å²) in [6.07, 6.45) is 1.17. The van der Waals surface area contributed by atoms with Crippen molar-refractivity contribution in [3.05, 3.63) is 70.8 Å². The van der Waals surface area contributed by atoms with Gasteiger partial charge in [0.25, 0.3) is 0 Å². The van der Waals surface area contributed by atoms with Crippen LogP contribution in [0.1, 0.15) is 30.5 Å². The minimum absolute atomic E-state index is 0.0278. The van der Waals surface area contributed by atoms with Gasteiger partial charge < -0.3 is 0 Å². The van der Waals surface area contributed by atoms with Crippen molar-refractivity contribution < 1.29 is 17.2 Å². The first-order valence-corrected chi connectivity index (χ1v) is 9.22. The van der Waals surface area contributed by atoms with Gasteiger partial charge in [0.1, 0.15) is 11.6 Å². The third-order valence-electron chi connectivity index (χ3n) is 3.73. The molecule has 0 saturated heterocycles. The van der Waals surface area contributed by atoms with Gasteiger partial charge in [-0.25, -0.2) is 17.2 Å². The van der Waals surface area contributed by atoms with E-state index in [1.165, 1.54) is 12.1 Å². The standard InChI is InChI=1S/C18H20F2O2S/c1-13(2)23(21,22)12-15-6-3-14(4-7-15)5-8-16-9-17(19)11-18(20)10-16/h3-4,6-7,9-11,13H,5,8,12H2,1-2H3. The van der Waals surface area contributed by atoms with Crippen LogP contribution in [0.4, 0.5) is 8.78 Å². The fourth-order valence-electron chi connectivity index (χ4n) is 2.25. The Bertz CT molecular complexity index is 746. The molecular weight excluding hydrogens is 318 g/mol. The van der Waals surface area contributed by atoms with E-state index >= 15 is 0 Å². The molecule has 0 fully saturated rings. The van der Waals surface area contributed by atoms with Gasteiger partial charge in [0.2, 0.25) is 0 Å². The molecule has 0 N–H and O–H groups in total. The van der Waals surface area contributed by atoms with E-state index in [4.69, 9.17) is 0 Å². The molecule has 0 aliphatic carbocycles. The Labute approximate surface area is 136 Å². The molecule has 0 saturated carbocycles. The van der Waals surface area contributed by atoms with Gasteiger partial charge in [0.15, 0.2) is 9.84 Å². The molecule has 0 radical (unpaired) electrons. The van der Waals surface area contributed by atoms with E-state index in [0.717, 1.165) is 17.2 Å². The van der Waals surface area contributed by atoms with Crippen LogP contribution in [0.5, 0.6) is 0 Å². The van der Waals surface area contributed by atoms with Crippen molar-refractivity contribution in [1.82, 2.24) is 0 Å². The number of hydrogen-bond acceptors (Lipinski definition) is 2. The maximum atomic E-state index is 13.1. The first kappa shape index (κ1) is 17.6. The Balaban J connectivity index is 2.00. The van der Waals surface area contributed by atoms with E-state index in [1.54, 1.807) is 26.0 Å². The monoisotopic (exact) mass is 338 g/mol. The molecule has 0 aromatic heterocycles. The highest BCUT2D eigenvalue weighted by atomic mass is 32.2. The topological polar surface area (TPSA) is 34.1 Å². The largest absolute Gasteiger partial charge is 0.228 e. The average molecular weight is 338 g/mol. The predicted molar refractivity (Wildman–Crippen MR) is 88.0 cm³/mol. The molecule has 0 atom stereocenters. The first-order valence-electron chi connectivity index (χ1n) is 7.50. The smallest absolute Gasteiger partial charge is 0.156 e. The van der Waals surface area contributed by atoms with Crippen LogP contribution in [0.25, 0.3) is 0 Å². The molecule has 2 aromatic carbocycles. The van der Waals surface area contributed by atoms with Crippen LogP contribution in [0.15, 0.2) is 42.5 Å². The predicted octanol–water partition coefficient (Wildman–Crippen LogP) is 4.07. The Morgan fingerprint density at radius 2 is 1.30 bits per heavy atom. The van der Waals surface area contributed by atoms with Crippen LogP contribution in [0.2, 0.25) is 0 Å².